The third-order valence-electron chi connectivity index (χ3n) is 5.74. The van der Waals surface area contributed by atoms with Crippen LogP contribution in [0.1, 0.15) is 38.5 Å². The van der Waals surface area contributed by atoms with Crippen molar-refractivity contribution in [3.63, 3.8) is 0 Å². The molecule has 2 amide bonds. The van der Waals surface area contributed by atoms with Crippen LogP contribution in [0.5, 0.6) is 0 Å². The molecule has 1 aliphatic rings. The van der Waals surface area contributed by atoms with Gasteiger partial charge in [-0.2, -0.15) is 39.5 Å². The van der Waals surface area contributed by atoms with E-state index in [1.807, 2.05) is 0 Å². The first kappa shape index (κ1) is 33.2. The van der Waals surface area contributed by atoms with Gasteiger partial charge in [0.15, 0.2) is 0 Å². The third-order valence-corrected chi connectivity index (χ3v) is 6.55. The summed E-state index contributed by atoms with van der Waals surface area (Å²) in [5, 5.41) is 1.22. The third kappa shape index (κ3) is 7.75. The Morgan fingerprint density at radius 1 is 1.10 bits per heavy atom. The number of halogens is 12. The molecule has 0 radical (unpaired) electrons. The van der Waals surface area contributed by atoms with Crippen molar-refractivity contribution in [1.29, 1.82) is 0 Å². The molecule has 2 atom stereocenters. The van der Waals surface area contributed by atoms with E-state index < -0.39 is 83.5 Å². The highest BCUT2D eigenvalue weighted by Crippen LogP contribution is 2.42. The van der Waals surface area contributed by atoms with Crippen LogP contribution in [0.4, 0.5) is 43.9 Å². The lowest BCUT2D eigenvalue weighted by atomic mass is 9.94. The molecule has 0 aromatic heterocycles. The minimum absolute atomic E-state index is 0.00539. The second-order valence-electron chi connectivity index (χ2n) is 8.71. The normalized spacial score (nSPS) is 17.4. The maximum atomic E-state index is 15.1. The minimum Gasteiger partial charge on any atom is -0.338 e. The van der Waals surface area contributed by atoms with E-state index in [2.05, 4.69) is 11.4 Å². The molecule has 1 fully saturated rings. The lowest BCUT2D eigenvalue weighted by Gasteiger charge is -2.20. The molecule has 5 nitrogen and oxygen atoms in total. The van der Waals surface area contributed by atoms with E-state index in [9.17, 15) is 49.1 Å². The summed E-state index contributed by atoms with van der Waals surface area (Å²) in [4.78, 5) is 29.1. The summed E-state index contributed by atoms with van der Waals surface area (Å²) in [7, 11) is 0. The fourth-order valence-corrected chi connectivity index (χ4v) is 4.23. The maximum Gasteiger partial charge on any atom is 0.417 e. The van der Waals surface area contributed by atoms with Gasteiger partial charge in [-0.15, -0.1) is 0 Å². The zero-order chi connectivity index (χ0) is 31.8. The van der Waals surface area contributed by atoms with E-state index >= 15 is 4.39 Å². The number of amides is 2. The molecule has 1 heterocycles. The van der Waals surface area contributed by atoms with Crippen molar-refractivity contribution in [2.45, 2.75) is 30.5 Å². The van der Waals surface area contributed by atoms with E-state index in [0.717, 1.165) is 18.2 Å². The Morgan fingerprint density at radius 3 is 2.29 bits per heavy atom. The monoisotopic (exact) mass is 652 g/mol. The zero-order valence-electron chi connectivity index (χ0n) is 20.5. The molecule has 17 heteroatoms. The molecule has 2 aromatic rings. The van der Waals surface area contributed by atoms with Crippen molar-refractivity contribution in [3.05, 3.63) is 80.8 Å². The van der Waals surface area contributed by atoms with Gasteiger partial charge in [-0.3, -0.25) is 14.4 Å². The molecule has 1 saturated heterocycles. The van der Waals surface area contributed by atoms with Crippen molar-refractivity contribution in [2.24, 2.45) is 0 Å². The number of benzene rings is 2. The predicted octanol–water partition coefficient (Wildman–Crippen LogP) is 7.75. The Morgan fingerprint density at radius 2 is 1.74 bits per heavy atom. The van der Waals surface area contributed by atoms with E-state index in [4.69, 9.17) is 23.2 Å². The highest BCUT2D eigenvalue weighted by molar-refractivity contribution is 6.43. The Labute approximate surface area is 240 Å². The van der Waals surface area contributed by atoms with Crippen molar-refractivity contribution < 1.29 is 58.3 Å². The molecule has 42 heavy (non-hydrogen) atoms. The van der Waals surface area contributed by atoms with Gasteiger partial charge < -0.3 is 5.32 Å². The van der Waals surface area contributed by atoms with Crippen LogP contribution in [-0.4, -0.2) is 48.4 Å². The Kier molecular flexibility index (Phi) is 9.59. The minimum atomic E-state index is -5.35. The second kappa shape index (κ2) is 12.1. The van der Waals surface area contributed by atoms with Crippen molar-refractivity contribution in [3.8, 4) is 0 Å². The van der Waals surface area contributed by atoms with Crippen LogP contribution >= 0.6 is 23.2 Å². The summed E-state index contributed by atoms with van der Waals surface area (Å²) in [6, 6.07) is 1.03. The van der Waals surface area contributed by atoms with Crippen LogP contribution in [0.15, 0.2) is 43.0 Å². The number of alkyl halides is 9. The van der Waals surface area contributed by atoms with Crippen LogP contribution in [0, 0.1) is 0 Å². The first-order chi connectivity index (χ1) is 19.2. The van der Waals surface area contributed by atoms with E-state index in [0.29, 0.717) is 12.1 Å². The highest BCUT2D eigenvalue weighted by atomic mass is 35.5. The summed E-state index contributed by atoms with van der Waals surface area (Å²) in [5.41, 5.74) is -4.60. The lowest BCUT2D eigenvalue weighted by Crippen LogP contribution is -2.44. The van der Waals surface area contributed by atoms with Gasteiger partial charge >= 0.3 is 18.5 Å². The number of hydrogen-bond acceptors (Lipinski definition) is 3. The summed E-state index contributed by atoms with van der Waals surface area (Å²) < 4.78 is 136. The first-order valence-corrected chi connectivity index (χ1v) is 12.1. The number of carbonyl (C=O) groups is 2. The smallest absolute Gasteiger partial charge is 0.338 e. The zero-order valence-corrected chi connectivity index (χ0v) is 22.0. The van der Waals surface area contributed by atoms with Crippen LogP contribution < -0.4 is 5.32 Å². The lowest BCUT2D eigenvalue weighted by molar-refractivity contribution is -0.214. The molecule has 228 valence electrons. The average molecular weight is 653 g/mol. The molecule has 0 aliphatic carbocycles. The number of allylic oxidation sites excluding steroid dienone is 1. The number of carbonyl (C=O) groups excluding carboxylic acids is 2. The number of hydrogen-bond donors (Lipinski definition) is 1. The van der Waals surface area contributed by atoms with Crippen molar-refractivity contribution in [2.75, 3.05) is 13.2 Å². The van der Waals surface area contributed by atoms with Crippen molar-refractivity contribution in [1.82, 2.24) is 10.4 Å². The fraction of sp³-hybridized carbons (Fsp3) is 0.280. The number of rotatable bonds is 7. The maximum absolute atomic E-state index is 15.1. The molecule has 0 saturated carbocycles. The number of hydroxylamine groups is 2. The van der Waals surface area contributed by atoms with Crippen LogP contribution in [0.2, 0.25) is 10.0 Å². The van der Waals surface area contributed by atoms with Gasteiger partial charge in [0.1, 0.15) is 30.9 Å². The Balaban J connectivity index is 1.96. The topological polar surface area (TPSA) is 58.6 Å². The standard InChI is InChI=1S/C25H16Cl2F10N2O3/c1-2-11-5-13(7-17(26)20(11)27)15(24(32,33)34)8-18(28)12-3-4-14(16(6-12)25(35,36)37)21(40)38-19-9-42-39(22(19)41)10-23(29,30)31/h2-8,15,19H,1,9-10H2,(H,38,40)/b18-8-. The molecular weight excluding hydrogens is 637 g/mol. The molecule has 2 unspecified atom stereocenters. The van der Waals surface area contributed by atoms with Gasteiger partial charge in [0.25, 0.3) is 11.8 Å². The predicted molar refractivity (Wildman–Crippen MR) is 131 cm³/mol. The van der Waals surface area contributed by atoms with E-state index in [-0.39, 0.29) is 32.8 Å². The SMILES string of the molecule is C=Cc1cc(C(/C=C(\F)c2ccc(C(=O)NC3CON(CC(F)(F)F)C3=O)c(C(F)(F)F)c2)C(F)(F)F)cc(Cl)c1Cl. The number of nitrogens with one attached hydrogen (secondary N) is 1. The van der Waals surface area contributed by atoms with Crippen LogP contribution in [0.3, 0.4) is 0 Å². The summed E-state index contributed by atoms with van der Waals surface area (Å²) in [6.45, 7) is 0.721. The van der Waals surface area contributed by atoms with Gasteiger partial charge in [0, 0.05) is 5.56 Å². The van der Waals surface area contributed by atoms with Gasteiger partial charge in [0.2, 0.25) is 0 Å². The summed E-state index contributed by atoms with van der Waals surface area (Å²) in [5.74, 6) is -7.42. The van der Waals surface area contributed by atoms with Crippen LogP contribution in [0.25, 0.3) is 11.9 Å². The fourth-order valence-electron chi connectivity index (χ4n) is 3.81. The van der Waals surface area contributed by atoms with Crippen molar-refractivity contribution >= 4 is 46.9 Å². The molecule has 2 aromatic carbocycles. The second-order valence-corrected chi connectivity index (χ2v) is 9.50. The van der Waals surface area contributed by atoms with Gasteiger partial charge in [-0.25, -0.2) is 9.45 Å². The van der Waals surface area contributed by atoms with E-state index in [1.165, 1.54) is 0 Å². The molecular formula is C25H16Cl2F10N2O3. The van der Waals surface area contributed by atoms with E-state index in [1.54, 1.807) is 5.32 Å². The van der Waals surface area contributed by atoms with Gasteiger partial charge in [-0.05, 0) is 41.5 Å². The molecule has 1 N–H and O–H groups in total. The largest absolute Gasteiger partial charge is 0.417 e. The van der Waals surface area contributed by atoms with Gasteiger partial charge in [0.05, 0.1) is 21.2 Å². The quantitative estimate of drug-likeness (QED) is 0.311. The molecule has 1 aliphatic heterocycles. The molecule has 0 bridgehead atoms. The molecule has 3 rings (SSSR count). The summed E-state index contributed by atoms with van der Waals surface area (Å²) in [6.07, 6.45) is -14.3. The Hall–Kier alpha value is -3.30. The Bertz CT molecular complexity index is 1420. The van der Waals surface area contributed by atoms with Gasteiger partial charge in [-0.1, -0.05) is 41.9 Å². The molecule has 0 spiro atoms. The average Bonchev–Trinajstić information content (AvgIpc) is 3.19. The first-order valence-electron chi connectivity index (χ1n) is 11.3. The highest BCUT2D eigenvalue weighted by Gasteiger charge is 2.43. The van der Waals surface area contributed by atoms with Crippen LogP contribution in [-0.2, 0) is 15.8 Å². The number of nitrogens with zero attached hydrogens (tertiary/aromatic N) is 1. The summed E-state index contributed by atoms with van der Waals surface area (Å²) >= 11 is 11.8.